The molecular weight excluding hydrogens is 362 g/mol. The maximum atomic E-state index is 12.1. The van der Waals surface area contributed by atoms with Crippen LogP contribution in [0.3, 0.4) is 0 Å². The van der Waals surface area contributed by atoms with E-state index in [-0.39, 0.29) is 11.7 Å². The van der Waals surface area contributed by atoms with Crippen LogP contribution in [0.5, 0.6) is 5.75 Å². The smallest absolute Gasteiger partial charge is 0.336 e. The molecule has 0 aliphatic carbocycles. The van der Waals surface area contributed by atoms with E-state index in [0.717, 1.165) is 10.9 Å². The van der Waals surface area contributed by atoms with E-state index in [4.69, 9.17) is 9.15 Å². The molecule has 0 radical (unpaired) electrons. The van der Waals surface area contributed by atoms with Gasteiger partial charge in [-0.15, -0.1) is 0 Å². The first-order chi connectivity index (χ1) is 14.1. The summed E-state index contributed by atoms with van der Waals surface area (Å²) < 4.78 is 10.6. The van der Waals surface area contributed by atoms with Crippen LogP contribution in [0.2, 0.25) is 0 Å². The van der Waals surface area contributed by atoms with Crippen LogP contribution in [0.4, 0.5) is 0 Å². The third-order valence-electron chi connectivity index (χ3n) is 5.08. The van der Waals surface area contributed by atoms with Gasteiger partial charge in [-0.1, -0.05) is 60.2 Å². The number of nitrogens with one attached hydrogen (secondary N) is 1. The van der Waals surface area contributed by atoms with Gasteiger partial charge in [-0.2, -0.15) is 0 Å². The van der Waals surface area contributed by atoms with Crippen LogP contribution in [0.25, 0.3) is 11.0 Å². The van der Waals surface area contributed by atoms with Crippen molar-refractivity contribution >= 4 is 11.0 Å². The van der Waals surface area contributed by atoms with Crippen LogP contribution >= 0.6 is 0 Å². The second kappa shape index (κ2) is 8.33. The zero-order valence-electron chi connectivity index (χ0n) is 16.5. The predicted octanol–water partition coefficient (Wildman–Crippen LogP) is 4.99. The van der Waals surface area contributed by atoms with Crippen molar-refractivity contribution in [3.63, 3.8) is 0 Å². The molecule has 4 aromatic rings. The van der Waals surface area contributed by atoms with Gasteiger partial charge in [0.2, 0.25) is 0 Å². The van der Waals surface area contributed by atoms with E-state index in [9.17, 15) is 4.79 Å². The number of ether oxygens (including phenoxy) is 1. The highest BCUT2D eigenvalue weighted by molar-refractivity contribution is 5.81. The molecule has 0 unspecified atom stereocenters. The van der Waals surface area contributed by atoms with Gasteiger partial charge in [0.05, 0.1) is 13.2 Å². The first-order valence-corrected chi connectivity index (χ1v) is 9.60. The van der Waals surface area contributed by atoms with Crippen molar-refractivity contribution in [1.82, 2.24) is 5.32 Å². The monoisotopic (exact) mass is 385 g/mol. The SMILES string of the molecule is COc1ccc2c(CN[C@@H](c3ccccc3)c3ccc(C)cc3)cc(=O)oc2c1. The van der Waals surface area contributed by atoms with E-state index in [1.54, 1.807) is 19.2 Å². The highest BCUT2D eigenvalue weighted by atomic mass is 16.5. The van der Waals surface area contributed by atoms with E-state index >= 15 is 0 Å². The second-order valence-corrected chi connectivity index (χ2v) is 7.09. The van der Waals surface area contributed by atoms with Crippen LogP contribution in [-0.4, -0.2) is 7.11 Å². The van der Waals surface area contributed by atoms with Gasteiger partial charge in [0.25, 0.3) is 0 Å². The molecule has 1 atom stereocenters. The largest absolute Gasteiger partial charge is 0.497 e. The summed E-state index contributed by atoms with van der Waals surface area (Å²) in [5.41, 5.74) is 4.63. The molecule has 1 N–H and O–H groups in total. The lowest BCUT2D eigenvalue weighted by Crippen LogP contribution is -2.22. The lowest BCUT2D eigenvalue weighted by atomic mass is 9.97. The van der Waals surface area contributed by atoms with Crippen LogP contribution in [-0.2, 0) is 6.54 Å². The molecule has 0 aliphatic rings. The van der Waals surface area contributed by atoms with Crippen molar-refractivity contribution in [3.8, 4) is 5.75 Å². The number of rotatable bonds is 6. The van der Waals surface area contributed by atoms with Gasteiger partial charge >= 0.3 is 5.63 Å². The molecule has 0 amide bonds. The molecular formula is C25H23NO3. The quantitative estimate of drug-likeness (QED) is 0.475. The third-order valence-corrected chi connectivity index (χ3v) is 5.08. The van der Waals surface area contributed by atoms with Crippen molar-refractivity contribution in [3.05, 3.63) is 112 Å². The number of methoxy groups -OCH3 is 1. The van der Waals surface area contributed by atoms with E-state index in [1.165, 1.54) is 16.7 Å². The molecule has 4 rings (SSSR count). The summed E-state index contributed by atoms with van der Waals surface area (Å²) in [6.07, 6.45) is 0. The summed E-state index contributed by atoms with van der Waals surface area (Å²) in [4.78, 5) is 12.1. The predicted molar refractivity (Wildman–Crippen MR) is 115 cm³/mol. The Labute approximate surface area is 169 Å². The van der Waals surface area contributed by atoms with Crippen molar-refractivity contribution < 1.29 is 9.15 Å². The van der Waals surface area contributed by atoms with Crippen LogP contribution in [0, 0.1) is 6.92 Å². The van der Waals surface area contributed by atoms with Crippen LogP contribution in [0.15, 0.2) is 88.1 Å². The number of benzene rings is 3. The lowest BCUT2D eigenvalue weighted by Gasteiger charge is -2.20. The average Bonchev–Trinajstić information content (AvgIpc) is 2.75. The minimum Gasteiger partial charge on any atom is -0.497 e. The Morgan fingerprint density at radius 3 is 2.38 bits per heavy atom. The zero-order chi connectivity index (χ0) is 20.2. The minimum atomic E-state index is -0.367. The molecule has 4 heteroatoms. The normalized spacial score (nSPS) is 12.1. The fourth-order valence-corrected chi connectivity index (χ4v) is 3.53. The summed E-state index contributed by atoms with van der Waals surface area (Å²) in [5, 5.41) is 4.52. The van der Waals surface area contributed by atoms with Gasteiger partial charge in [-0.25, -0.2) is 4.79 Å². The fraction of sp³-hybridized carbons (Fsp3) is 0.160. The van der Waals surface area contributed by atoms with E-state index in [0.29, 0.717) is 17.9 Å². The average molecular weight is 385 g/mol. The van der Waals surface area contributed by atoms with Gasteiger partial charge in [0, 0.05) is 24.1 Å². The number of hydrogen-bond acceptors (Lipinski definition) is 4. The van der Waals surface area contributed by atoms with Gasteiger partial charge in [0.15, 0.2) is 0 Å². The molecule has 0 aliphatic heterocycles. The number of fused-ring (bicyclic) bond motifs is 1. The molecule has 1 aromatic heterocycles. The van der Waals surface area contributed by atoms with Crippen molar-refractivity contribution in [2.45, 2.75) is 19.5 Å². The van der Waals surface area contributed by atoms with E-state index < -0.39 is 0 Å². The highest BCUT2D eigenvalue weighted by Crippen LogP contribution is 2.26. The molecule has 0 saturated heterocycles. The highest BCUT2D eigenvalue weighted by Gasteiger charge is 2.15. The zero-order valence-corrected chi connectivity index (χ0v) is 16.5. The second-order valence-electron chi connectivity index (χ2n) is 7.09. The molecule has 29 heavy (non-hydrogen) atoms. The molecule has 1 heterocycles. The Balaban J connectivity index is 1.69. The van der Waals surface area contributed by atoms with Crippen molar-refractivity contribution in [2.24, 2.45) is 0 Å². The van der Waals surface area contributed by atoms with Gasteiger partial charge in [-0.3, -0.25) is 0 Å². The Hall–Kier alpha value is -3.37. The maximum Gasteiger partial charge on any atom is 0.336 e. The number of hydrogen-bond donors (Lipinski definition) is 1. The number of aryl methyl sites for hydroxylation is 1. The molecule has 0 fully saturated rings. The van der Waals surface area contributed by atoms with E-state index in [1.807, 2.05) is 30.3 Å². The summed E-state index contributed by atoms with van der Waals surface area (Å²) >= 11 is 0. The molecule has 3 aromatic carbocycles. The topological polar surface area (TPSA) is 51.5 Å². The molecule has 0 spiro atoms. The molecule has 4 nitrogen and oxygen atoms in total. The molecule has 0 bridgehead atoms. The fourth-order valence-electron chi connectivity index (χ4n) is 3.53. The summed E-state index contributed by atoms with van der Waals surface area (Å²) in [6.45, 7) is 2.61. The van der Waals surface area contributed by atoms with Crippen LogP contribution in [0.1, 0.15) is 28.3 Å². The van der Waals surface area contributed by atoms with Gasteiger partial charge in [0.1, 0.15) is 11.3 Å². The molecule has 146 valence electrons. The summed E-state index contributed by atoms with van der Waals surface area (Å²) in [7, 11) is 1.59. The van der Waals surface area contributed by atoms with Crippen molar-refractivity contribution in [2.75, 3.05) is 7.11 Å². The standard InChI is InChI=1S/C25H23NO3/c1-17-8-10-19(11-9-17)25(18-6-4-3-5-7-18)26-16-20-14-24(27)29-23-15-21(28-2)12-13-22(20)23/h3-15,25-26H,16H2,1-2H3/t25-/m0/s1. The Morgan fingerprint density at radius 1 is 0.931 bits per heavy atom. The van der Waals surface area contributed by atoms with Gasteiger partial charge < -0.3 is 14.5 Å². The Kier molecular flexibility index (Phi) is 5.45. The Morgan fingerprint density at radius 2 is 1.66 bits per heavy atom. The van der Waals surface area contributed by atoms with Gasteiger partial charge in [-0.05, 0) is 35.7 Å². The Bertz CT molecular complexity index is 1160. The lowest BCUT2D eigenvalue weighted by molar-refractivity contribution is 0.414. The van der Waals surface area contributed by atoms with E-state index in [2.05, 4.69) is 48.6 Å². The van der Waals surface area contributed by atoms with Crippen LogP contribution < -0.4 is 15.7 Å². The first kappa shape index (κ1) is 19.0. The van der Waals surface area contributed by atoms with Crippen molar-refractivity contribution in [1.29, 1.82) is 0 Å². The summed E-state index contributed by atoms with van der Waals surface area (Å²) in [5.74, 6) is 0.660. The third kappa shape index (κ3) is 4.23. The minimum absolute atomic E-state index is 0.0114. The molecule has 0 saturated carbocycles. The summed E-state index contributed by atoms with van der Waals surface area (Å²) in [6, 6.07) is 25.9. The first-order valence-electron chi connectivity index (χ1n) is 9.60. The maximum absolute atomic E-state index is 12.1.